The van der Waals surface area contributed by atoms with Gasteiger partial charge < -0.3 is 15.7 Å². The molecule has 0 aliphatic carbocycles. The van der Waals surface area contributed by atoms with Crippen molar-refractivity contribution >= 4 is 11.4 Å². The van der Waals surface area contributed by atoms with Crippen LogP contribution in [-0.4, -0.2) is 24.3 Å². The van der Waals surface area contributed by atoms with Gasteiger partial charge in [0.2, 0.25) is 0 Å². The van der Waals surface area contributed by atoms with Crippen molar-refractivity contribution in [1.82, 2.24) is 0 Å². The van der Waals surface area contributed by atoms with Gasteiger partial charge in [-0.15, -0.1) is 0 Å². The van der Waals surface area contributed by atoms with Crippen molar-refractivity contribution in [2.75, 3.05) is 23.8 Å². The molecule has 1 aromatic rings. The fraction of sp³-hybridized carbons (Fsp3) is 0.500. The molecule has 4 nitrogen and oxygen atoms in total. The Morgan fingerprint density at radius 1 is 1.39 bits per heavy atom. The lowest BCUT2D eigenvalue weighted by Gasteiger charge is -2.33. The lowest BCUT2D eigenvalue weighted by molar-refractivity contribution is 0.296. The Labute approximate surface area is 109 Å². The van der Waals surface area contributed by atoms with Crippen molar-refractivity contribution in [3.63, 3.8) is 0 Å². The Kier molecular flexibility index (Phi) is 5.47. The summed E-state index contributed by atoms with van der Waals surface area (Å²) in [5.74, 6) is 0. The van der Waals surface area contributed by atoms with Crippen molar-refractivity contribution in [3.05, 3.63) is 23.8 Å². The second-order valence-electron chi connectivity index (χ2n) is 4.27. The fourth-order valence-electron chi connectivity index (χ4n) is 2.20. The summed E-state index contributed by atoms with van der Waals surface area (Å²) in [6, 6.07) is 7.71. The Morgan fingerprint density at radius 3 is 2.56 bits per heavy atom. The maximum absolute atomic E-state index is 9.21. The zero-order chi connectivity index (χ0) is 13.5. The maximum Gasteiger partial charge on any atom is 0.0992 e. The summed E-state index contributed by atoms with van der Waals surface area (Å²) in [5.41, 5.74) is 8.07. The van der Waals surface area contributed by atoms with E-state index in [4.69, 9.17) is 11.0 Å². The largest absolute Gasteiger partial charge is 0.397 e. The van der Waals surface area contributed by atoms with Crippen LogP contribution >= 0.6 is 0 Å². The second kappa shape index (κ2) is 6.87. The summed E-state index contributed by atoms with van der Waals surface area (Å²) in [6.07, 6.45) is 1.96. The van der Waals surface area contributed by atoms with E-state index in [0.717, 1.165) is 18.5 Å². The quantitative estimate of drug-likeness (QED) is 0.755. The maximum atomic E-state index is 9.21. The molecule has 0 spiro atoms. The predicted molar refractivity (Wildman–Crippen MR) is 74.4 cm³/mol. The number of hydrogen-bond acceptors (Lipinski definition) is 4. The third-order valence-corrected chi connectivity index (χ3v) is 3.19. The zero-order valence-electron chi connectivity index (χ0n) is 11.1. The lowest BCUT2D eigenvalue weighted by Crippen LogP contribution is -2.37. The average molecular weight is 247 g/mol. The molecule has 1 aromatic carbocycles. The molecule has 1 rings (SSSR count). The van der Waals surface area contributed by atoms with Crippen LogP contribution in [0.15, 0.2) is 18.2 Å². The minimum absolute atomic E-state index is 0.0761. The number of anilines is 2. The van der Waals surface area contributed by atoms with E-state index in [1.54, 1.807) is 18.2 Å². The van der Waals surface area contributed by atoms with E-state index >= 15 is 0 Å². The van der Waals surface area contributed by atoms with Crippen LogP contribution < -0.4 is 10.6 Å². The van der Waals surface area contributed by atoms with Crippen molar-refractivity contribution in [2.24, 2.45) is 0 Å². The molecule has 18 heavy (non-hydrogen) atoms. The first-order valence-corrected chi connectivity index (χ1v) is 6.35. The van der Waals surface area contributed by atoms with E-state index < -0.39 is 0 Å². The molecular formula is C14H21N3O. The monoisotopic (exact) mass is 247 g/mol. The van der Waals surface area contributed by atoms with Crippen LogP contribution in [0.3, 0.4) is 0 Å². The van der Waals surface area contributed by atoms with Crippen LogP contribution in [-0.2, 0) is 0 Å². The summed E-state index contributed by atoms with van der Waals surface area (Å²) in [7, 11) is 0. The normalized spacial score (nSPS) is 10.4. The first-order valence-electron chi connectivity index (χ1n) is 6.35. The molecule has 3 N–H and O–H groups in total. The third kappa shape index (κ3) is 3.14. The smallest absolute Gasteiger partial charge is 0.0992 e. The van der Waals surface area contributed by atoms with Crippen molar-refractivity contribution in [3.8, 4) is 6.07 Å². The molecule has 4 heteroatoms. The minimum Gasteiger partial charge on any atom is -0.397 e. The Balaban J connectivity index is 3.15. The van der Waals surface area contributed by atoms with Crippen molar-refractivity contribution in [2.45, 2.75) is 32.7 Å². The topological polar surface area (TPSA) is 73.3 Å². The molecule has 98 valence electrons. The molecule has 0 saturated carbocycles. The zero-order valence-corrected chi connectivity index (χ0v) is 11.1. The average Bonchev–Trinajstić information content (AvgIpc) is 2.40. The molecule has 0 aliphatic heterocycles. The van der Waals surface area contributed by atoms with Gasteiger partial charge in [0.1, 0.15) is 0 Å². The highest BCUT2D eigenvalue weighted by molar-refractivity contribution is 5.70. The first-order chi connectivity index (χ1) is 8.67. The summed E-state index contributed by atoms with van der Waals surface area (Å²) in [4.78, 5) is 2.09. The summed E-state index contributed by atoms with van der Waals surface area (Å²) in [5, 5.41) is 18.2. The molecule has 0 fully saturated rings. The van der Waals surface area contributed by atoms with Gasteiger partial charge >= 0.3 is 0 Å². The molecule has 0 unspecified atom stereocenters. The second-order valence-corrected chi connectivity index (χ2v) is 4.27. The Morgan fingerprint density at radius 2 is 2.06 bits per heavy atom. The molecule has 0 radical (unpaired) electrons. The highest BCUT2D eigenvalue weighted by Crippen LogP contribution is 2.27. The molecule has 0 saturated heterocycles. The number of aliphatic hydroxyl groups excluding tert-OH is 1. The molecule has 0 aromatic heterocycles. The molecule has 0 aliphatic rings. The van der Waals surface area contributed by atoms with E-state index in [9.17, 15) is 5.11 Å². The van der Waals surface area contributed by atoms with Gasteiger partial charge in [0.15, 0.2) is 0 Å². The number of aliphatic hydroxyl groups is 1. The third-order valence-electron chi connectivity index (χ3n) is 3.19. The number of benzene rings is 1. The molecule has 0 heterocycles. The summed E-state index contributed by atoms with van der Waals surface area (Å²) >= 11 is 0. The summed E-state index contributed by atoms with van der Waals surface area (Å²) < 4.78 is 0. The molecule has 0 bridgehead atoms. The van der Waals surface area contributed by atoms with Crippen LogP contribution in [0.25, 0.3) is 0 Å². The number of nitrogen functional groups attached to an aromatic ring is 1. The predicted octanol–water partition coefficient (Wildman–Crippen LogP) is 2.13. The standard InChI is InChI=1S/C14H21N3O/c1-3-12(4-2)17(7-8-18)14-9-11(10-15)5-6-13(14)16/h5-6,9,12,18H,3-4,7-8,16H2,1-2H3. The Bertz CT molecular complexity index is 422. The van der Waals surface area contributed by atoms with E-state index in [-0.39, 0.29) is 6.61 Å². The van der Waals surface area contributed by atoms with Gasteiger partial charge in [-0.3, -0.25) is 0 Å². The van der Waals surface area contributed by atoms with Gasteiger partial charge in [0.25, 0.3) is 0 Å². The lowest BCUT2D eigenvalue weighted by atomic mass is 10.1. The molecule has 0 amide bonds. The van der Waals surface area contributed by atoms with Crippen molar-refractivity contribution < 1.29 is 5.11 Å². The highest BCUT2D eigenvalue weighted by Gasteiger charge is 2.17. The number of nitrogens with zero attached hydrogens (tertiary/aromatic N) is 2. The van der Waals surface area contributed by atoms with Gasteiger partial charge in [-0.1, -0.05) is 13.8 Å². The van der Waals surface area contributed by atoms with Crippen LogP contribution in [0.2, 0.25) is 0 Å². The van der Waals surface area contributed by atoms with E-state index in [0.29, 0.717) is 23.8 Å². The van der Waals surface area contributed by atoms with E-state index in [1.165, 1.54) is 0 Å². The first kappa shape index (κ1) is 14.3. The number of nitriles is 1. The van der Waals surface area contributed by atoms with Crippen LogP contribution in [0.5, 0.6) is 0 Å². The highest BCUT2D eigenvalue weighted by atomic mass is 16.3. The van der Waals surface area contributed by atoms with Crippen molar-refractivity contribution in [1.29, 1.82) is 5.26 Å². The van der Waals surface area contributed by atoms with Crippen LogP contribution in [0.1, 0.15) is 32.3 Å². The number of hydrogen-bond donors (Lipinski definition) is 2. The molecule has 0 atom stereocenters. The fourth-order valence-corrected chi connectivity index (χ4v) is 2.20. The van der Waals surface area contributed by atoms with Gasteiger partial charge in [0.05, 0.1) is 29.6 Å². The molecular weight excluding hydrogens is 226 g/mol. The van der Waals surface area contributed by atoms with Crippen LogP contribution in [0.4, 0.5) is 11.4 Å². The Hall–Kier alpha value is -1.73. The van der Waals surface area contributed by atoms with Crippen LogP contribution in [0, 0.1) is 11.3 Å². The van der Waals surface area contributed by atoms with Gasteiger partial charge in [-0.25, -0.2) is 0 Å². The number of nitrogens with two attached hydrogens (primary N) is 1. The van der Waals surface area contributed by atoms with E-state index in [2.05, 4.69) is 24.8 Å². The van der Waals surface area contributed by atoms with Gasteiger partial charge in [-0.05, 0) is 31.0 Å². The van der Waals surface area contributed by atoms with E-state index in [1.807, 2.05) is 0 Å². The minimum atomic E-state index is 0.0761. The van der Waals surface area contributed by atoms with Gasteiger partial charge in [-0.2, -0.15) is 5.26 Å². The number of rotatable bonds is 6. The SMILES string of the molecule is CCC(CC)N(CCO)c1cc(C#N)ccc1N. The van der Waals surface area contributed by atoms with Gasteiger partial charge in [0, 0.05) is 12.6 Å². The summed E-state index contributed by atoms with van der Waals surface area (Å²) in [6.45, 7) is 4.84.